The minimum absolute atomic E-state index is 0. The second-order valence-electron chi connectivity index (χ2n) is 3.06. The molecule has 0 aliphatic carbocycles. The molecule has 0 aromatic heterocycles. The van der Waals surface area contributed by atoms with Crippen LogP contribution in [0.1, 0.15) is 13.3 Å². The molecule has 0 radical (unpaired) electrons. The quantitative estimate of drug-likeness (QED) is 0.372. The van der Waals surface area contributed by atoms with Gasteiger partial charge in [-0.05, 0) is 0 Å². The molecule has 0 unspecified atom stereocenters. The Labute approximate surface area is 77.6 Å². The monoisotopic (exact) mass is 154 g/mol. The summed E-state index contributed by atoms with van der Waals surface area (Å²) in [5.41, 5.74) is 0. The van der Waals surface area contributed by atoms with Gasteiger partial charge in [0.25, 0.3) is 0 Å². The van der Waals surface area contributed by atoms with E-state index in [0.717, 1.165) is 6.42 Å². The van der Waals surface area contributed by atoms with Crippen molar-refractivity contribution in [3.8, 4) is 0 Å². The van der Waals surface area contributed by atoms with E-state index in [-0.39, 0.29) is 23.1 Å². The van der Waals surface area contributed by atoms with E-state index >= 15 is 0 Å². The zero-order chi connectivity index (χ0) is 7.21. The molecule has 0 atom stereocenters. The van der Waals surface area contributed by atoms with E-state index in [1.807, 2.05) is 6.92 Å². The van der Waals surface area contributed by atoms with Gasteiger partial charge < -0.3 is 13.5 Å². The standard InChI is InChI=1S/C4H11Si.C3H7.Mg/c1-5(2,3)4;1-3-2;/h1H2,2-4H3;1,3H2,2H3;/q2*-1;+2. The van der Waals surface area contributed by atoms with Gasteiger partial charge in [-0.1, -0.05) is 26.6 Å². The molecule has 9 heavy (non-hydrogen) atoms. The summed E-state index contributed by atoms with van der Waals surface area (Å²) in [6, 6.07) is 0. The fraction of sp³-hybridized carbons (Fsp3) is 0.714. The molecule has 0 aromatic carbocycles. The molecule has 0 N–H and O–H groups in total. The van der Waals surface area contributed by atoms with Crippen LogP contribution < -0.4 is 0 Å². The first-order valence-corrected chi connectivity index (χ1v) is 6.77. The van der Waals surface area contributed by atoms with Gasteiger partial charge in [0.2, 0.25) is 0 Å². The van der Waals surface area contributed by atoms with Gasteiger partial charge in [-0.15, -0.1) is 8.07 Å². The first-order valence-electron chi connectivity index (χ1n) is 3.06. The SMILES string of the molecule is [CH2-]CC.[CH2-][Si](C)(C)C.[Mg+2]. The van der Waals surface area contributed by atoms with Crippen molar-refractivity contribution in [2.45, 2.75) is 33.0 Å². The van der Waals surface area contributed by atoms with Crippen LogP contribution in [0.3, 0.4) is 0 Å². The summed E-state index contributed by atoms with van der Waals surface area (Å²) in [5.74, 6) is 0. The molecule has 0 spiro atoms. The van der Waals surface area contributed by atoms with Gasteiger partial charge in [-0.25, -0.2) is 0 Å². The summed E-state index contributed by atoms with van der Waals surface area (Å²) in [5, 5.41) is 0. The van der Waals surface area contributed by atoms with Crippen LogP contribution in [-0.4, -0.2) is 31.1 Å². The Bertz CT molecular complexity index is 32.7. The van der Waals surface area contributed by atoms with E-state index in [1.165, 1.54) is 0 Å². The molecule has 0 heterocycles. The predicted octanol–water partition coefficient (Wildman–Crippen LogP) is 2.55. The second-order valence-corrected chi connectivity index (χ2v) is 8.18. The summed E-state index contributed by atoms with van der Waals surface area (Å²) in [6.07, 6.45) is 1.00. The van der Waals surface area contributed by atoms with E-state index in [1.54, 1.807) is 0 Å². The second kappa shape index (κ2) is 8.98. The van der Waals surface area contributed by atoms with Crippen LogP contribution in [0.2, 0.25) is 19.6 Å². The molecule has 0 bridgehead atoms. The van der Waals surface area contributed by atoms with Crippen molar-refractivity contribution in [1.29, 1.82) is 0 Å². The molecule has 0 aliphatic rings. The Morgan fingerprint density at radius 3 is 1.22 bits per heavy atom. The first kappa shape index (κ1) is 16.5. The van der Waals surface area contributed by atoms with Gasteiger partial charge in [0, 0.05) is 0 Å². The number of rotatable bonds is 0. The maximum absolute atomic E-state index is 3.91. The molecular weight excluding hydrogens is 136 g/mol. The average Bonchev–Trinajstić information content (AvgIpc) is 1.27. The molecule has 2 heteroatoms. The zero-order valence-corrected chi connectivity index (χ0v) is 9.74. The van der Waals surface area contributed by atoms with Gasteiger partial charge in [-0.3, -0.25) is 0 Å². The van der Waals surface area contributed by atoms with E-state index in [9.17, 15) is 0 Å². The van der Waals surface area contributed by atoms with Crippen LogP contribution in [0.15, 0.2) is 0 Å². The van der Waals surface area contributed by atoms with Gasteiger partial charge in [-0.2, -0.15) is 6.42 Å². The normalized spacial score (nSPS) is 8.67. The molecule has 52 valence electrons. The van der Waals surface area contributed by atoms with Crippen molar-refractivity contribution in [3.63, 3.8) is 0 Å². The van der Waals surface area contributed by atoms with E-state index in [0.29, 0.717) is 0 Å². The maximum atomic E-state index is 3.91. The molecule has 0 amide bonds. The van der Waals surface area contributed by atoms with Crippen LogP contribution in [0.5, 0.6) is 0 Å². The van der Waals surface area contributed by atoms with Crippen LogP contribution in [-0.2, 0) is 0 Å². The molecule has 0 nitrogen and oxygen atoms in total. The van der Waals surface area contributed by atoms with Crippen molar-refractivity contribution in [2.75, 3.05) is 0 Å². The smallest absolute Gasteiger partial charge is 0.344 e. The molecule has 0 rings (SSSR count). The first-order chi connectivity index (χ1) is 3.41. The van der Waals surface area contributed by atoms with Crippen LogP contribution in [0, 0.1) is 13.5 Å². The van der Waals surface area contributed by atoms with Crippen molar-refractivity contribution in [3.05, 3.63) is 13.5 Å². The van der Waals surface area contributed by atoms with Crippen molar-refractivity contribution >= 4 is 31.1 Å². The van der Waals surface area contributed by atoms with E-state index in [2.05, 4.69) is 33.1 Å². The third-order valence-electron chi connectivity index (χ3n) is 0. The Hall–Kier alpha value is 0.983. The molecule has 0 fully saturated rings. The molecule has 0 aliphatic heterocycles. The largest absolute Gasteiger partial charge is 2.00 e. The van der Waals surface area contributed by atoms with Crippen LogP contribution in [0.4, 0.5) is 0 Å². The van der Waals surface area contributed by atoms with Crippen LogP contribution in [0.25, 0.3) is 0 Å². The van der Waals surface area contributed by atoms with Crippen molar-refractivity contribution < 1.29 is 0 Å². The Morgan fingerprint density at radius 2 is 1.22 bits per heavy atom. The maximum Gasteiger partial charge on any atom is 2.00 e. The molecule has 0 aromatic rings. The minimum atomic E-state index is -0.861. The number of hydrogen-bond donors (Lipinski definition) is 0. The topological polar surface area (TPSA) is 0 Å². The van der Waals surface area contributed by atoms with Gasteiger partial charge in [0.15, 0.2) is 0 Å². The summed E-state index contributed by atoms with van der Waals surface area (Å²) >= 11 is 0. The number of hydrogen-bond acceptors (Lipinski definition) is 0. The summed E-state index contributed by atoms with van der Waals surface area (Å²) in [4.78, 5) is 0. The minimum Gasteiger partial charge on any atom is -0.344 e. The Balaban J connectivity index is -0.0000000800. The average molecular weight is 155 g/mol. The van der Waals surface area contributed by atoms with Crippen LogP contribution >= 0.6 is 0 Å². The third kappa shape index (κ3) is 453. The van der Waals surface area contributed by atoms with E-state index < -0.39 is 8.07 Å². The van der Waals surface area contributed by atoms with E-state index in [4.69, 9.17) is 0 Å². The van der Waals surface area contributed by atoms with Crippen molar-refractivity contribution in [2.24, 2.45) is 0 Å². The predicted molar refractivity (Wildman–Crippen MR) is 50.1 cm³/mol. The summed E-state index contributed by atoms with van der Waals surface area (Å²) in [6.45, 7) is 16.1. The molecule has 0 saturated carbocycles. The molecule has 0 saturated heterocycles. The zero-order valence-electron chi connectivity index (χ0n) is 7.33. The summed E-state index contributed by atoms with van der Waals surface area (Å²) < 4.78 is 0. The van der Waals surface area contributed by atoms with Gasteiger partial charge >= 0.3 is 23.1 Å². The third-order valence-corrected chi connectivity index (χ3v) is 0. The van der Waals surface area contributed by atoms with Crippen molar-refractivity contribution in [1.82, 2.24) is 0 Å². The fourth-order valence-corrected chi connectivity index (χ4v) is 0. The fourth-order valence-electron chi connectivity index (χ4n) is 0. The Kier molecular flexibility index (Phi) is 16.5. The summed E-state index contributed by atoms with van der Waals surface area (Å²) in [7, 11) is -0.861. The van der Waals surface area contributed by atoms with Gasteiger partial charge in [0.05, 0.1) is 0 Å². The Morgan fingerprint density at radius 1 is 1.22 bits per heavy atom. The van der Waals surface area contributed by atoms with Gasteiger partial charge in [0.1, 0.15) is 0 Å². The molecular formula is C7H18MgSi.